The molecule has 1 N–H and O–H groups in total. The molecule has 0 fully saturated rings. The lowest BCUT2D eigenvalue weighted by Gasteiger charge is -2.17. The molecular formula is C13H17N3O3. The summed E-state index contributed by atoms with van der Waals surface area (Å²) in [6.45, 7) is -0.0429. The molecule has 0 aromatic heterocycles. The Morgan fingerprint density at radius 1 is 1.47 bits per heavy atom. The zero-order valence-electron chi connectivity index (χ0n) is 10.8. The van der Waals surface area contributed by atoms with E-state index in [1.54, 1.807) is 0 Å². The van der Waals surface area contributed by atoms with Crippen LogP contribution in [0, 0.1) is 5.92 Å². The summed E-state index contributed by atoms with van der Waals surface area (Å²) >= 11 is 0. The molecule has 0 saturated carbocycles. The predicted molar refractivity (Wildman–Crippen MR) is 70.3 cm³/mol. The number of aliphatic hydroxyl groups is 1. The summed E-state index contributed by atoms with van der Waals surface area (Å²) in [4.78, 5) is 14.3. The smallest absolute Gasteiger partial charge is 0.309 e. The minimum absolute atomic E-state index is 0.0429. The van der Waals surface area contributed by atoms with Crippen molar-refractivity contribution in [1.29, 1.82) is 0 Å². The van der Waals surface area contributed by atoms with Crippen LogP contribution in [-0.2, 0) is 16.0 Å². The van der Waals surface area contributed by atoms with E-state index >= 15 is 0 Å². The topological polar surface area (TPSA) is 95.3 Å². The third kappa shape index (κ3) is 5.42. The molecule has 0 saturated heterocycles. The zero-order valence-corrected chi connectivity index (χ0v) is 10.8. The van der Waals surface area contributed by atoms with Gasteiger partial charge in [-0.05, 0) is 23.9 Å². The van der Waals surface area contributed by atoms with Crippen LogP contribution >= 0.6 is 0 Å². The van der Waals surface area contributed by atoms with Crippen LogP contribution in [-0.4, -0.2) is 30.8 Å². The van der Waals surface area contributed by atoms with Crippen LogP contribution < -0.4 is 0 Å². The highest BCUT2D eigenvalue weighted by atomic mass is 16.5. The van der Waals surface area contributed by atoms with Gasteiger partial charge in [-0.15, -0.1) is 0 Å². The van der Waals surface area contributed by atoms with Gasteiger partial charge in [0.25, 0.3) is 0 Å². The van der Waals surface area contributed by atoms with Crippen LogP contribution in [0.5, 0.6) is 0 Å². The predicted octanol–water partition coefficient (Wildman–Crippen LogP) is 2.08. The highest BCUT2D eigenvalue weighted by molar-refractivity contribution is 5.72. The molecule has 0 amide bonds. The summed E-state index contributed by atoms with van der Waals surface area (Å²) in [5.74, 6) is -0.819. The molecule has 6 heteroatoms. The largest absolute Gasteiger partial charge is 0.469 e. The number of methoxy groups -OCH3 is 1. The van der Waals surface area contributed by atoms with Crippen molar-refractivity contribution in [1.82, 2.24) is 0 Å². The van der Waals surface area contributed by atoms with E-state index in [1.165, 1.54) is 7.11 Å². The molecule has 19 heavy (non-hydrogen) atoms. The maximum atomic E-state index is 11.7. The molecule has 0 aliphatic carbocycles. The Morgan fingerprint density at radius 3 is 2.74 bits per heavy atom. The summed E-state index contributed by atoms with van der Waals surface area (Å²) in [5.41, 5.74) is 9.19. The number of benzene rings is 1. The van der Waals surface area contributed by atoms with Crippen LogP contribution in [0.4, 0.5) is 0 Å². The van der Waals surface area contributed by atoms with Gasteiger partial charge in [0.2, 0.25) is 0 Å². The fraction of sp³-hybridized carbons (Fsp3) is 0.462. The SMILES string of the molecule is COC(=O)[C@H](Cc1ccccc1)C[C@H](O)CN=[N+]=[N-]. The average Bonchev–Trinajstić information content (AvgIpc) is 2.44. The zero-order chi connectivity index (χ0) is 14.1. The summed E-state index contributed by atoms with van der Waals surface area (Å²) in [6, 6.07) is 9.50. The number of nitrogens with zero attached hydrogens (tertiary/aromatic N) is 3. The number of rotatable bonds is 7. The van der Waals surface area contributed by atoms with Gasteiger partial charge in [0.15, 0.2) is 0 Å². The van der Waals surface area contributed by atoms with Gasteiger partial charge in [-0.3, -0.25) is 4.79 Å². The van der Waals surface area contributed by atoms with Gasteiger partial charge in [0.1, 0.15) is 0 Å². The highest BCUT2D eigenvalue weighted by Crippen LogP contribution is 2.16. The molecule has 0 bridgehead atoms. The molecule has 102 valence electrons. The maximum Gasteiger partial charge on any atom is 0.309 e. The second kappa shape index (κ2) is 8.13. The lowest BCUT2D eigenvalue weighted by molar-refractivity contribution is -0.146. The van der Waals surface area contributed by atoms with Gasteiger partial charge in [0.05, 0.1) is 25.7 Å². The van der Waals surface area contributed by atoms with Crippen LogP contribution in [0.3, 0.4) is 0 Å². The quantitative estimate of drug-likeness (QED) is 0.353. The van der Waals surface area contributed by atoms with Gasteiger partial charge >= 0.3 is 5.97 Å². The lowest BCUT2D eigenvalue weighted by atomic mass is 9.93. The Bertz CT molecular complexity index is 444. The van der Waals surface area contributed by atoms with E-state index in [1.807, 2.05) is 30.3 Å². The first-order valence-corrected chi connectivity index (χ1v) is 5.98. The molecule has 1 aromatic rings. The van der Waals surface area contributed by atoms with E-state index in [-0.39, 0.29) is 18.9 Å². The van der Waals surface area contributed by atoms with Crippen molar-refractivity contribution >= 4 is 5.97 Å². The van der Waals surface area contributed by atoms with Gasteiger partial charge in [-0.2, -0.15) is 0 Å². The normalized spacial score (nSPS) is 13.2. The van der Waals surface area contributed by atoms with Crippen molar-refractivity contribution in [2.24, 2.45) is 11.0 Å². The number of ether oxygens (including phenoxy) is 1. The van der Waals surface area contributed by atoms with Crippen molar-refractivity contribution < 1.29 is 14.6 Å². The van der Waals surface area contributed by atoms with Crippen LogP contribution in [0.2, 0.25) is 0 Å². The van der Waals surface area contributed by atoms with Gasteiger partial charge in [0, 0.05) is 4.91 Å². The van der Waals surface area contributed by atoms with E-state index in [2.05, 4.69) is 10.0 Å². The molecule has 1 rings (SSSR count). The van der Waals surface area contributed by atoms with Crippen LogP contribution in [0.1, 0.15) is 12.0 Å². The fourth-order valence-electron chi connectivity index (χ4n) is 1.86. The van der Waals surface area contributed by atoms with Crippen LogP contribution in [0.15, 0.2) is 35.4 Å². The number of esters is 1. The van der Waals surface area contributed by atoms with E-state index in [9.17, 15) is 9.90 Å². The third-order valence-electron chi connectivity index (χ3n) is 2.77. The van der Waals surface area contributed by atoms with Crippen molar-refractivity contribution in [3.05, 3.63) is 46.3 Å². The maximum absolute atomic E-state index is 11.7. The van der Waals surface area contributed by atoms with Gasteiger partial charge in [-0.25, -0.2) is 0 Å². The van der Waals surface area contributed by atoms with Crippen LogP contribution in [0.25, 0.3) is 10.4 Å². The summed E-state index contributed by atoms with van der Waals surface area (Å²) in [5, 5.41) is 13.0. The van der Waals surface area contributed by atoms with E-state index in [4.69, 9.17) is 10.3 Å². The molecule has 6 nitrogen and oxygen atoms in total. The first-order valence-electron chi connectivity index (χ1n) is 5.98. The van der Waals surface area contributed by atoms with Crippen molar-refractivity contribution in [3.8, 4) is 0 Å². The first kappa shape index (κ1) is 15.0. The van der Waals surface area contributed by atoms with Crippen molar-refractivity contribution in [3.63, 3.8) is 0 Å². The Morgan fingerprint density at radius 2 is 2.16 bits per heavy atom. The van der Waals surface area contributed by atoms with Crippen molar-refractivity contribution in [2.45, 2.75) is 18.9 Å². The van der Waals surface area contributed by atoms with Gasteiger partial charge in [-0.1, -0.05) is 35.4 Å². The molecule has 0 aliphatic heterocycles. The molecule has 2 atom stereocenters. The Labute approximate surface area is 111 Å². The second-order valence-corrected chi connectivity index (χ2v) is 4.21. The summed E-state index contributed by atoms with van der Waals surface area (Å²) in [6.07, 6.45) is -0.148. The lowest BCUT2D eigenvalue weighted by Crippen LogP contribution is -2.25. The molecule has 0 radical (unpaired) electrons. The molecule has 1 aromatic carbocycles. The summed E-state index contributed by atoms with van der Waals surface area (Å²) < 4.78 is 4.74. The molecular weight excluding hydrogens is 246 g/mol. The van der Waals surface area contributed by atoms with E-state index in [0.29, 0.717) is 6.42 Å². The monoisotopic (exact) mass is 263 g/mol. The second-order valence-electron chi connectivity index (χ2n) is 4.21. The molecule has 0 aliphatic rings. The number of carbonyl (C=O) groups is 1. The number of azide groups is 1. The van der Waals surface area contributed by atoms with Crippen molar-refractivity contribution in [2.75, 3.05) is 13.7 Å². The third-order valence-corrected chi connectivity index (χ3v) is 2.77. The van der Waals surface area contributed by atoms with Gasteiger partial charge < -0.3 is 9.84 Å². The minimum atomic E-state index is -0.844. The molecule has 0 unspecified atom stereocenters. The fourth-order valence-corrected chi connectivity index (χ4v) is 1.86. The molecule has 0 spiro atoms. The number of hydrogen-bond donors (Lipinski definition) is 1. The number of aliphatic hydroxyl groups excluding tert-OH is 1. The average molecular weight is 263 g/mol. The highest BCUT2D eigenvalue weighted by Gasteiger charge is 2.22. The number of carbonyl (C=O) groups excluding carboxylic acids is 1. The van der Waals surface area contributed by atoms with E-state index in [0.717, 1.165) is 5.56 Å². The Kier molecular flexibility index (Phi) is 6.43. The molecule has 0 heterocycles. The Balaban J connectivity index is 2.67. The summed E-state index contributed by atoms with van der Waals surface area (Å²) in [7, 11) is 1.32. The first-order chi connectivity index (χ1) is 9.17. The minimum Gasteiger partial charge on any atom is -0.469 e. The number of hydrogen-bond acceptors (Lipinski definition) is 4. The standard InChI is InChI=1S/C13H17N3O3/c1-19-13(18)11(8-12(17)9-15-16-14)7-10-5-3-2-4-6-10/h2-6,11-12,17H,7-9H2,1H3/t11-,12+/m1/s1. The van der Waals surface area contributed by atoms with E-state index < -0.39 is 12.0 Å². The Hall–Kier alpha value is -2.04.